The third kappa shape index (κ3) is 2.16. The summed E-state index contributed by atoms with van der Waals surface area (Å²) in [5.74, 6) is 0.659. The summed E-state index contributed by atoms with van der Waals surface area (Å²) in [6.45, 7) is 2.67. The molecule has 2 N–H and O–H groups in total. The molecule has 0 amide bonds. The standard InChI is InChI=1S/C14H15N3O/c1-2-9-18-13-7-3-6-12(14(13)16)17-8-4-5-11(17)10-15/h3-8H,2,9,16H2,1H3. The van der Waals surface area contributed by atoms with Crippen molar-refractivity contribution in [2.45, 2.75) is 13.3 Å². The first-order valence-electron chi connectivity index (χ1n) is 5.87. The van der Waals surface area contributed by atoms with Gasteiger partial charge in [-0.05, 0) is 30.7 Å². The molecule has 0 radical (unpaired) electrons. The average Bonchev–Trinajstić information content (AvgIpc) is 2.85. The Morgan fingerprint density at radius 3 is 2.89 bits per heavy atom. The van der Waals surface area contributed by atoms with Gasteiger partial charge in [-0.3, -0.25) is 0 Å². The molecule has 0 aliphatic rings. The van der Waals surface area contributed by atoms with Gasteiger partial charge in [0.1, 0.15) is 17.5 Å². The predicted molar refractivity (Wildman–Crippen MR) is 70.7 cm³/mol. The van der Waals surface area contributed by atoms with Gasteiger partial charge in [0.15, 0.2) is 0 Å². The molecule has 0 aliphatic carbocycles. The van der Waals surface area contributed by atoms with E-state index in [1.807, 2.05) is 37.4 Å². The number of nitrogens with zero attached hydrogens (tertiary/aromatic N) is 2. The summed E-state index contributed by atoms with van der Waals surface area (Å²) >= 11 is 0. The molecule has 0 saturated carbocycles. The molecule has 1 aromatic carbocycles. The summed E-state index contributed by atoms with van der Waals surface area (Å²) < 4.78 is 7.33. The zero-order chi connectivity index (χ0) is 13.0. The first kappa shape index (κ1) is 12.1. The SMILES string of the molecule is CCCOc1cccc(-n2cccc2C#N)c1N. The van der Waals surface area contributed by atoms with Crippen LogP contribution in [0.15, 0.2) is 36.5 Å². The molecule has 1 heterocycles. The van der Waals surface area contributed by atoms with Gasteiger partial charge in [0.2, 0.25) is 0 Å². The van der Waals surface area contributed by atoms with Gasteiger partial charge in [-0.2, -0.15) is 5.26 Å². The topological polar surface area (TPSA) is 64.0 Å². The number of benzene rings is 1. The molecule has 0 atom stereocenters. The van der Waals surface area contributed by atoms with E-state index in [4.69, 9.17) is 15.7 Å². The number of hydrogen-bond donors (Lipinski definition) is 1. The van der Waals surface area contributed by atoms with Crippen LogP contribution in [0, 0.1) is 11.3 Å². The van der Waals surface area contributed by atoms with Crippen LogP contribution >= 0.6 is 0 Å². The minimum Gasteiger partial charge on any atom is -0.491 e. The van der Waals surface area contributed by atoms with E-state index in [1.54, 1.807) is 10.6 Å². The fourth-order valence-corrected chi connectivity index (χ4v) is 1.76. The monoisotopic (exact) mass is 241 g/mol. The summed E-state index contributed by atoms with van der Waals surface area (Å²) in [6.07, 6.45) is 2.74. The van der Waals surface area contributed by atoms with Crippen LogP contribution in [-0.2, 0) is 0 Å². The van der Waals surface area contributed by atoms with Gasteiger partial charge in [0.05, 0.1) is 18.0 Å². The normalized spacial score (nSPS) is 10.0. The van der Waals surface area contributed by atoms with E-state index < -0.39 is 0 Å². The maximum absolute atomic E-state index is 9.03. The van der Waals surface area contributed by atoms with Gasteiger partial charge < -0.3 is 15.0 Å². The number of nitrogens with two attached hydrogens (primary N) is 1. The number of nitrogen functional groups attached to an aromatic ring is 1. The van der Waals surface area contributed by atoms with Crippen molar-refractivity contribution in [2.24, 2.45) is 0 Å². The van der Waals surface area contributed by atoms with Gasteiger partial charge in [0, 0.05) is 6.20 Å². The molecule has 2 aromatic rings. The largest absolute Gasteiger partial charge is 0.491 e. The molecular formula is C14H15N3O. The first-order valence-corrected chi connectivity index (χ1v) is 5.87. The minimum atomic E-state index is 0.550. The van der Waals surface area contributed by atoms with Crippen LogP contribution in [0.4, 0.5) is 5.69 Å². The highest BCUT2D eigenvalue weighted by Crippen LogP contribution is 2.29. The predicted octanol–water partition coefficient (Wildman–Crippen LogP) is 2.72. The number of hydrogen-bond acceptors (Lipinski definition) is 3. The molecule has 92 valence electrons. The van der Waals surface area contributed by atoms with Crippen LogP contribution in [0.3, 0.4) is 0 Å². The van der Waals surface area contributed by atoms with Crippen LogP contribution in [-0.4, -0.2) is 11.2 Å². The van der Waals surface area contributed by atoms with Crippen molar-refractivity contribution in [3.63, 3.8) is 0 Å². The quantitative estimate of drug-likeness (QED) is 0.837. The molecule has 0 bridgehead atoms. The molecule has 4 nitrogen and oxygen atoms in total. The van der Waals surface area contributed by atoms with Crippen molar-refractivity contribution in [1.29, 1.82) is 5.26 Å². The van der Waals surface area contributed by atoms with E-state index in [0.29, 0.717) is 23.7 Å². The summed E-state index contributed by atoms with van der Waals surface area (Å²) in [5.41, 5.74) is 7.96. The number of rotatable bonds is 4. The second-order valence-electron chi connectivity index (χ2n) is 3.91. The Kier molecular flexibility index (Phi) is 3.54. The first-order chi connectivity index (χ1) is 8.77. The van der Waals surface area contributed by atoms with E-state index in [2.05, 4.69) is 6.07 Å². The Hall–Kier alpha value is -2.41. The Morgan fingerprint density at radius 1 is 1.33 bits per heavy atom. The molecule has 0 unspecified atom stereocenters. The summed E-state index contributed by atoms with van der Waals surface area (Å²) in [4.78, 5) is 0. The molecule has 0 spiro atoms. The van der Waals surface area contributed by atoms with Crippen molar-refractivity contribution in [3.05, 3.63) is 42.2 Å². The van der Waals surface area contributed by atoms with Crippen molar-refractivity contribution in [3.8, 4) is 17.5 Å². The Bertz CT molecular complexity index is 581. The Balaban J connectivity index is 2.43. The number of para-hydroxylation sites is 1. The fraction of sp³-hybridized carbons (Fsp3) is 0.214. The highest BCUT2D eigenvalue weighted by Gasteiger charge is 2.09. The lowest BCUT2D eigenvalue weighted by Crippen LogP contribution is -2.04. The maximum atomic E-state index is 9.03. The van der Waals surface area contributed by atoms with Crippen LogP contribution in [0.5, 0.6) is 5.75 Å². The zero-order valence-electron chi connectivity index (χ0n) is 10.3. The van der Waals surface area contributed by atoms with Crippen molar-refractivity contribution >= 4 is 5.69 Å². The van der Waals surface area contributed by atoms with E-state index in [-0.39, 0.29) is 0 Å². The van der Waals surface area contributed by atoms with E-state index in [0.717, 1.165) is 12.1 Å². The lowest BCUT2D eigenvalue weighted by atomic mass is 10.2. The van der Waals surface area contributed by atoms with Crippen LogP contribution in [0.1, 0.15) is 19.0 Å². The number of nitriles is 1. The van der Waals surface area contributed by atoms with Crippen molar-refractivity contribution in [2.75, 3.05) is 12.3 Å². The molecule has 0 saturated heterocycles. The van der Waals surface area contributed by atoms with Gasteiger partial charge in [-0.15, -0.1) is 0 Å². The van der Waals surface area contributed by atoms with Crippen molar-refractivity contribution in [1.82, 2.24) is 4.57 Å². The van der Waals surface area contributed by atoms with Crippen LogP contribution in [0.25, 0.3) is 5.69 Å². The fourth-order valence-electron chi connectivity index (χ4n) is 1.76. The van der Waals surface area contributed by atoms with E-state index >= 15 is 0 Å². The second-order valence-corrected chi connectivity index (χ2v) is 3.91. The average molecular weight is 241 g/mol. The Morgan fingerprint density at radius 2 is 2.17 bits per heavy atom. The molecule has 1 aromatic heterocycles. The second kappa shape index (κ2) is 5.28. The van der Waals surface area contributed by atoms with Gasteiger partial charge >= 0.3 is 0 Å². The van der Waals surface area contributed by atoms with Crippen molar-refractivity contribution < 1.29 is 4.74 Å². The van der Waals surface area contributed by atoms with Crippen LogP contribution < -0.4 is 10.5 Å². The van der Waals surface area contributed by atoms with E-state index in [1.165, 1.54) is 0 Å². The molecule has 4 heteroatoms. The highest BCUT2D eigenvalue weighted by atomic mass is 16.5. The lowest BCUT2D eigenvalue weighted by molar-refractivity contribution is 0.319. The van der Waals surface area contributed by atoms with Gasteiger partial charge in [-0.1, -0.05) is 13.0 Å². The number of anilines is 1. The third-order valence-electron chi connectivity index (χ3n) is 2.63. The smallest absolute Gasteiger partial charge is 0.144 e. The third-order valence-corrected chi connectivity index (χ3v) is 2.63. The Labute approximate surface area is 106 Å². The summed E-state index contributed by atoms with van der Waals surface area (Å²) in [6, 6.07) is 11.3. The zero-order valence-corrected chi connectivity index (χ0v) is 10.3. The van der Waals surface area contributed by atoms with E-state index in [9.17, 15) is 0 Å². The maximum Gasteiger partial charge on any atom is 0.144 e. The highest BCUT2D eigenvalue weighted by molar-refractivity contribution is 5.67. The molecular weight excluding hydrogens is 226 g/mol. The number of aromatic nitrogens is 1. The van der Waals surface area contributed by atoms with Gasteiger partial charge in [0.25, 0.3) is 0 Å². The van der Waals surface area contributed by atoms with Gasteiger partial charge in [-0.25, -0.2) is 0 Å². The van der Waals surface area contributed by atoms with Crippen LogP contribution in [0.2, 0.25) is 0 Å². The number of ether oxygens (including phenoxy) is 1. The minimum absolute atomic E-state index is 0.550. The molecule has 0 fully saturated rings. The molecule has 2 rings (SSSR count). The molecule has 0 aliphatic heterocycles. The summed E-state index contributed by atoms with van der Waals surface area (Å²) in [5, 5.41) is 9.03. The molecule has 18 heavy (non-hydrogen) atoms. The summed E-state index contributed by atoms with van der Waals surface area (Å²) in [7, 11) is 0. The lowest BCUT2D eigenvalue weighted by Gasteiger charge is -2.13.